The fourth-order valence-electron chi connectivity index (χ4n) is 7.11. The molecule has 0 aliphatic heterocycles. The van der Waals surface area contributed by atoms with Crippen LogP contribution < -0.4 is 4.74 Å². The summed E-state index contributed by atoms with van der Waals surface area (Å²) >= 11 is 0. The van der Waals surface area contributed by atoms with Crippen molar-refractivity contribution in [2.75, 3.05) is 7.11 Å². The summed E-state index contributed by atoms with van der Waals surface area (Å²) in [5.74, 6) is 2.89. The van der Waals surface area contributed by atoms with Gasteiger partial charge in [-0.1, -0.05) is 36.4 Å². The lowest BCUT2D eigenvalue weighted by Gasteiger charge is -2.56. The highest BCUT2D eigenvalue weighted by molar-refractivity contribution is 8.30. The first-order valence-electron chi connectivity index (χ1n) is 12.4. The second-order valence-corrected chi connectivity index (χ2v) is 13.1. The molecule has 0 spiro atoms. The minimum absolute atomic E-state index is 0.0186. The quantitative estimate of drug-likeness (QED) is 0.369. The maximum atomic E-state index is 14.3. The first-order chi connectivity index (χ1) is 16.6. The van der Waals surface area contributed by atoms with Crippen molar-refractivity contribution in [1.29, 1.82) is 0 Å². The molecule has 34 heavy (non-hydrogen) atoms. The molecule has 0 saturated heterocycles. The molecule has 176 valence electrons. The molecule has 3 nitrogen and oxygen atoms in total. The predicted molar refractivity (Wildman–Crippen MR) is 135 cm³/mol. The number of carbonyl (C=O) groups is 1. The molecule has 0 atom stereocenters. The number of hydrogen-bond acceptors (Lipinski definition) is 3. The Hall–Kier alpha value is -2.72. The molecule has 0 unspecified atom stereocenters. The highest BCUT2D eigenvalue weighted by Gasteiger charge is 2.56. The minimum atomic E-state index is -2.26. The van der Waals surface area contributed by atoms with Crippen LogP contribution in [0.1, 0.15) is 38.5 Å². The highest BCUT2D eigenvalue weighted by atomic mass is 32.3. The standard InChI is InChI=1S/C30H32O3S/c1-32-25-12-14-28(15-13-25)34(26-8-4-2-5-9-26,27-10-6-3-7-11-27)33-29(31)30-19-22-16-23(20-30)18-24(17-22)21-30/h2-15,22-24H,16-21H2,1H3. The zero-order valence-corrected chi connectivity index (χ0v) is 20.5. The van der Waals surface area contributed by atoms with Gasteiger partial charge in [-0.3, -0.25) is 4.79 Å². The lowest BCUT2D eigenvalue weighted by molar-refractivity contribution is -0.160. The monoisotopic (exact) mass is 472 g/mol. The third-order valence-electron chi connectivity index (χ3n) is 8.21. The second-order valence-electron chi connectivity index (χ2n) is 10.4. The molecule has 4 fully saturated rings. The number of ether oxygens (including phenoxy) is 1. The fraction of sp³-hybridized carbons (Fsp3) is 0.367. The van der Waals surface area contributed by atoms with E-state index in [0.717, 1.165) is 39.7 Å². The van der Waals surface area contributed by atoms with E-state index >= 15 is 0 Å². The van der Waals surface area contributed by atoms with Gasteiger partial charge in [0.25, 0.3) is 0 Å². The van der Waals surface area contributed by atoms with Gasteiger partial charge in [-0.05, 0) is 115 Å². The Labute approximate surface area is 204 Å². The number of methoxy groups -OCH3 is 1. The largest absolute Gasteiger partial charge is 0.497 e. The first kappa shape index (κ1) is 21.8. The molecule has 3 aromatic carbocycles. The van der Waals surface area contributed by atoms with Gasteiger partial charge in [0.1, 0.15) is 5.75 Å². The number of benzene rings is 3. The average Bonchev–Trinajstić information content (AvgIpc) is 2.87. The van der Waals surface area contributed by atoms with Crippen LogP contribution >= 0.6 is 10.3 Å². The van der Waals surface area contributed by atoms with Crippen LogP contribution in [0.2, 0.25) is 0 Å². The van der Waals surface area contributed by atoms with E-state index in [1.807, 2.05) is 48.5 Å². The first-order valence-corrected chi connectivity index (χ1v) is 14.0. The second kappa shape index (κ2) is 8.49. The molecule has 0 N–H and O–H groups in total. The molecule has 4 heteroatoms. The lowest BCUT2D eigenvalue weighted by atomic mass is 9.49. The summed E-state index contributed by atoms with van der Waals surface area (Å²) < 4.78 is 12.4. The molecular formula is C30H32O3S. The molecule has 4 saturated carbocycles. The SMILES string of the molecule is COc1ccc(S(OC(=O)C23CC4CC(CC(C4)C2)C3)(c2ccccc2)c2ccccc2)cc1. The van der Waals surface area contributed by atoms with Gasteiger partial charge in [0.05, 0.1) is 12.5 Å². The number of rotatable bonds is 6. The molecule has 3 aromatic rings. The van der Waals surface area contributed by atoms with Crippen molar-refractivity contribution in [3.63, 3.8) is 0 Å². The summed E-state index contributed by atoms with van der Waals surface area (Å²) in [4.78, 5) is 17.4. The van der Waals surface area contributed by atoms with Crippen LogP contribution in [-0.2, 0) is 8.98 Å². The summed E-state index contributed by atoms with van der Waals surface area (Å²) in [5, 5.41) is 0. The zero-order valence-electron chi connectivity index (χ0n) is 19.7. The van der Waals surface area contributed by atoms with Crippen LogP contribution in [-0.4, -0.2) is 13.1 Å². The molecule has 0 heterocycles. The third-order valence-corrected chi connectivity index (χ3v) is 11.4. The van der Waals surface area contributed by atoms with Crippen molar-refractivity contribution in [3.8, 4) is 5.75 Å². The summed E-state index contributed by atoms with van der Waals surface area (Å²) in [6.45, 7) is 0. The van der Waals surface area contributed by atoms with Gasteiger partial charge < -0.3 is 8.92 Å². The Kier molecular flexibility index (Phi) is 5.44. The van der Waals surface area contributed by atoms with E-state index < -0.39 is 10.3 Å². The maximum Gasteiger partial charge on any atom is 0.323 e. The molecule has 4 bridgehead atoms. The van der Waals surface area contributed by atoms with E-state index in [-0.39, 0.29) is 11.4 Å². The molecule has 0 radical (unpaired) electrons. The van der Waals surface area contributed by atoms with Crippen LogP contribution in [0.5, 0.6) is 5.75 Å². The van der Waals surface area contributed by atoms with Gasteiger partial charge >= 0.3 is 5.97 Å². The van der Waals surface area contributed by atoms with Crippen LogP contribution in [0.4, 0.5) is 0 Å². The molecule has 0 aromatic heterocycles. The van der Waals surface area contributed by atoms with Crippen LogP contribution in [0.25, 0.3) is 0 Å². The smallest absolute Gasteiger partial charge is 0.323 e. The minimum Gasteiger partial charge on any atom is -0.497 e. The molecular weight excluding hydrogens is 440 g/mol. The van der Waals surface area contributed by atoms with Gasteiger partial charge in [-0.2, -0.15) is 0 Å². The van der Waals surface area contributed by atoms with Gasteiger partial charge in [-0.25, -0.2) is 0 Å². The van der Waals surface area contributed by atoms with Gasteiger partial charge in [-0.15, -0.1) is 0 Å². The van der Waals surface area contributed by atoms with E-state index in [4.69, 9.17) is 8.92 Å². The Bertz CT molecular complexity index is 1080. The predicted octanol–water partition coefficient (Wildman–Crippen LogP) is 7.65. The van der Waals surface area contributed by atoms with E-state index in [0.29, 0.717) is 17.8 Å². The summed E-state index contributed by atoms with van der Waals surface area (Å²) in [5.41, 5.74) is -0.316. The zero-order chi connectivity index (χ0) is 23.2. The van der Waals surface area contributed by atoms with Crippen molar-refractivity contribution in [1.82, 2.24) is 0 Å². The van der Waals surface area contributed by atoms with Crippen molar-refractivity contribution in [2.24, 2.45) is 23.2 Å². The average molecular weight is 473 g/mol. The Balaban J connectivity index is 1.49. The molecule has 4 aliphatic rings. The molecule has 4 aliphatic carbocycles. The normalized spacial score (nSPS) is 27.9. The number of carbonyl (C=O) groups excluding carboxylic acids is 1. The van der Waals surface area contributed by atoms with E-state index in [1.54, 1.807) is 7.11 Å². The van der Waals surface area contributed by atoms with Gasteiger partial charge in [0, 0.05) is 14.7 Å². The van der Waals surface area contributed by atoms with Crippen molar-refractivity contribution in [2.45, 2.75) is 53.2 Å². The lowest BCUT2D eigenvalue weighted by Crippen LogP contribution is -2.50. The van der Waals surface area contributed by atoms with Crippen molar-refractivity contribution in [3.05, 3.63) is 84.9 Å². The highest BCUT2D eigenvalue weighted by Crippen LogP contribution is 2.71. The van der Waals surface area contributed by atoms with Gasteiger partial charge in [0.2, 0.25) is 0 Å². The van der Waals surface area contributed by atoms with E-state index in [1.165, 1.54) is 19.3 Å². The van der Waals surface area contributed by atoms with E-state index in [2.05, 4.69) is 36.4 Å². The van der Waals surface area contributed by atoms with Crippen molar-refractivity contribution >= 4 is 16.3 Å². The topological polar surface area (TPSA) is 35.5 Å². The molecule has 0 amide bonds. The van der Waals surface area contributed by atoms with E-state index in [9.17, 15) is 4.79 Å². The maximum absolute atomic E-state index is 14.3. The van der Waals surface area contributed by atoms with Crippen LogP contribution in [0.3, 0.4) is 0 Å². The fourth-order valence-corrected chi connectivity index (χ4v) is 10.2. The molecule has 7 rings (SSSR count). The third kappa shape index (κ3) is 3.54. The summed E-state index contributed by atoms with van der Waals surface area (Å²) in [7, 11) is -0.578. The summed E-state index contributed by atoms with van der Waals surface area (Å²) in [6, 6.07) is 28.7. The van der Waals surface area contributed by atoms with Crippen LogP contribution in [0, 0.1) is 23.2 Å². The Morgan fingerprint density at radius 1 is 0.706 bits per heavy atom. The Morgan fingerprint density at radius 3 is 1.59 bits per heavy atom. The number of hydrogen-bond donors (Lipinski definition) is 0. The summed E-state index contributed by atoms with van der Waals surface area (Å²) in [6.07, 6.45) is 6.92. The van der Waals surface area contributed by atoms with Crippen molar-refractivity contribution < 1.29 is 13.7 Å². The van der Waals surface area contributed by atoms with Gasteiger partial charge in [0.15, 0.2) is 0 Å². The van der Waals surface area contributed by atoms with Crippen LogP contribution in [0.15, 0.2) is 99.6 Å². The Morgan fingerprint density at radius 2 is 1.15 bits per heavy atom.